The second kappa shape index (κ2) is 5.79. The minimum Gasteiger partial charge on any atom is -0.440 e. The van der Waals surface area contributed by atoms with Gasteiger partial charge in [0.15, 0.2) is 11.5 Å². The molecule has 0 aliphatic heterocycles. The monoisotopic (exact) mass is 371 g/mol. The molecule has 4 aliphatic rings. The highest BCUT2D eigenvalue weighted by atomic mass is 16.3. The first-order chi connectivity index (χ1) is 13.6. The van der Waals surface area contributed by atoms with Crippen LogP contribution in [0, 0.1) is 24.7 Å². The van der Waals surface area contributed by atoms with E-state index < -0.39 is 0 Å². The molecular weight excluding hydrogens is 346 g/mol. The average Bonchev–Trinajstić information content (AvgIpc) is 3.06. The van der Waals surface area contributed by atoms with Crippen molar-refractivity contribution in [2.24, 2.45) is 17.8 Å². The van der Waals surface area contributed by atoms with Crippen molar-refractivity contribution in [1.82, 2.24) is 4.98 Å². The highest BCUT2D eigenvalue weighted by molar-refractivity contribution is 5.92. The van der Waals surface area contributed by atoms with Crippen LogP contribution >= 0.6 is 0 Å². The van der Waals surface area contributed by atoms with Crippen LogP contribution < -0.4 is 0 Å². The van der Waals surface area contributed by atoms with Crippen LogP contribution in [0.25, 0.3) is 22.2 Å². The van der Waals surface area contributed by atoms with E-state index in [-0.39, 0.29) is 0 Å². The maximum atomic E-state index is 11.3. The van der Waals surface area contributed by atoms with E-state index in [4.69, 9.17) is 9.40 Å². The fourth-order valence-electron chi connectivity index (χ4n) is 6.91. The van der Waals surface area contributed by atoms with E-state index in [2.05, 4.69) is 18.2 Å². The van der Waals surface area contributed by atoms with Crippen LogP contribution in [0.1, 0.15) is 60.3 Å². The normalized spacial score (nSPS) is 30.8. The number of hydrogen-bond acceptors (Lipinski definition) is 3. The number of carbonyl (C=O) groups is 1. The lowest BCUT2D eigenvalue weighted by Gasteiger charge is -2.57. The summed E-state index contributed by atoms with van der Waals surface area (Å²) < 4.78 is 6.00. The molecule has 1 heterocycles. The Bertz CT molecular complexity index is 1060. The van der Waals surface area contributed by atoms with Crippen molar-refractivity contribution < 1.29 is 9.21 Å². The first-order valence-electron chi connectivity index (χ1n) is 10.6. The molecule has 28 heavy (non-hydrogen) atoms. The summed E-state index contributed by atoms with van der Waals surface area (Å²) in [4.78, 5) is 16.0. The molecule has 3 nitrogen and oxygen atoms in total. The van der Waals surface area contributed by atoms with E-state index in [9.17, 15) is 4.79 Å². The van der Waals surface area contributed by atoms with Gasteiger partial charge in [0.2, 0.25) is 0 Å². The quantitative estimate of drug-likeness (QED) is 0.524. The van der Waals surface area contributed by atoms with E-state index in [1.807, 2.05) is 25.1 Å². The number of hydrogen-bond donors (Lipinski definition) is 0. The molecule has 142 valence electrons. The van der Waals surface area contributed by atoms with Crippen LogP contribution in [-0.2, 0) is 5.41 Å². The lowest BCUT2D eigenvalue weighted by Crippen LogP contribution is -2.48. The Hall–Kier alpha value is -2.42. The van der Waals surface area contributed by atoms with Crippen molar-refractivity contribution >= 4 is 17.4 Å². The first kappa shape index (κ1) is 16.5. The Labute approximate surface area is 165 Å². The summed E-state index contributed by atoms with van der Waals surface area (Å²) in [5.74, 6) is 3.42. The third kappa shape index (κ3) is 2.41. The summed E-state index contributed by atoms with van der Waals surface area (Å²) in [7, 11) is 0. The summed E-state index contributed by atoms with van der Waals surface area (Å²) >= 11 is 0. The molecule has 7 rings (SSSR count). The van der Waals surface area contributed by atoms with Crippen molar-refractivity contribution in [3.63, 3.8) is 0 Å². The van der Waals surface area contributed by atoms with Crippen molar-refractivity contribution in [1.29, 1.82) is 0 Å². The van der Waals surface area contributed by atoms with Gasteiger partial charge in [-0.25, -0.2) is 4.98 Å². The Morgan fingerprint density at radius 1 is 1.04 bits per heavy atom. The molecular formula is C25H25NO2. The van der Waals surface area contributed by atoms with Crippen molar-refractivity contribution in [3.05, 3.63) is 53.4 Å². The number of rotatable bonds is 3. The predicted octanol–water partition coefficient (Wildman–Crippen LogP) is 6.08. The van der Waals surface area contributed by atoms with Crippen LogP contribution in [0.2, 0.25) is 0 Å². The summed E-state index contributed by atoms with van der Waals surface area (Å²) in [6.07, 6.45) is 9.23. The van der Waals surface area contributed by atoms with Crippen LogP contribution in [0.3, 0.4) is 0 Å². The van der Waals surface area contributed by atoms with Gasteiger partial charge in [0, 0.05) is 18.1 Å². The van der Waals surface area contributed by atoms with Gasteiger partial charge in [-0.3, -0.25) is 4.79 Å². The molecule has 4 aliphatic carbocycles. The summed E-state index contributed by atoms with van der Waals surface area (Å²) in [5.41, 5.74) is 6.37. The molecule has 4 bridgehead atoms. The second-order valence-electron chi connectivity index (χ2n) is 9.55. The van der Waals surface area contributed by atoms with Crippen molar-refractivity contribution in [3.8, 4) is 11.1 Å². The van der Waals surface area contributed by atoms with Crippen molar-refractivity contribution in [2.75, 3.05) is 0 Å². The molecule has 0 radical (unpaired) electrons. The number of fused-ring (bicyclic) bond motifs is 1. The number of aldehydes is 1. The molecule has 0 atom stereocenters. The van der Waals surface area contributed by atoms with Crippen LogP contribution in [0.5, 0.6) is 0 Å². The molecule has 4 saturated carbocycles. The number of nitrogens with zero attached hydrogens (tertiary/aromatic N) is 1. The Balaban J connectivity index is 1.56. The molecule has 0 N–H and O–H groups in total. The van der Waals surface area contributed by atoms with Gasteiger partial charge in [0.05, 0.1) is 0 Å². The van der Waals surface area contributed by atoms with E-state index in [1.165, 1.54) is 44.1 Å². The van der Waals surface area contributed by atoms with E-state index in [0.29, 0.717) is 16.9 Å². The highest BCUT2D eigenvalue weighted by Gasteiger charge is 2.51. The highest BCUT2D eigenvalue weighted by Crippen LogP contribution is 2.61. The number of aromatic nitrogens is 1. The Kier molecular flexibility index (Phi) is 3.42. The number of carbonyl (C=O) groups excluding carboxylic acids is 1. The largest absolute Gasteiger partial charge is 0.440 e. The molecule has 3 aromatic rings. The molecule has 1 aromatic heterocycles. The zero-order valence-corrected chi connectivity index (χ0v) is 16.3. The maximum absolute atomic E-state index is 11.3. The number of benzene rings is 2. The molecule has 4 fully saturated rings. The lowest BCUT2D eigenvalue weighted by molar-refractivity contribution is -0.00512. The Morgan fingerprint density at radius 2 is 1.75 bits per heavy atom. The minimum absolute atomic E-state index is 0.312. The zero-order chi connectivity index (χ0) is 18.9. The fraction of sp³-hybridized carbons (Fsp3) is 0.440. The van der Waals surface area contributed by atoms with Crippen LogP contribution in [0.4, 0.5) is 0 Å². The first-order valence-corrected chi connectivity index (χ1v) is 10.6. The van der Waals surface area contributed by atoms with Gasteiger partial charge >= 0.3 is 0 Å². The molecule has 0 amide bonds. The van der Waals surface area contributed by atoms with E-state index >= 15 is 0 Å². The third-order valence-electron chi connectivity index (χ3n) is 7.58. The van der Waals surface area contributed by atoms with Gasteiger partial charge in [-0.15, -0.1) is 0 Å². The average molecular weight is 371 g/mol. The van der Waals surface area contributed by atoms with Crippen LogP contribution in [-0.4, -0.2) is 11.3 Å². The molecule has 3 heteroatoms. The van der Waals surface area contributed by atoms with Gasteiger partial charge in [-0.2, -0.15) is 0 Å². The molecule has 0 saturated heterocycles. The smallest absolute Gasteiger partial charge is 0.192 e. The lowest BCUT2D eigenvalue weighted by atomic mass is 9.48. The fourth-order valence-corrected chi connectivity index (χ4v) is 6.91. The zero-order valence-electron chi connectivity index (χ0n) is 16.3. The van der Waals surface area contributed by atoms with Crippen molar-refractivity contribution in [2.45, 2.75) is 50.9 Å². The standard InChI is InChI=1S/C25H25NO2/c1-15-26-23-10-21(25-11-17-5-18(12-25)7-19(6-17)13-25)9-22(24(23)28-15)20-4-2-3-16(8-20)14-27/h2-4,8-10,14,17-19H,5-7,11-13H2,1H3. The van der Waals surface area contributed by atoms with Gasteiger partial charge in [0.25, 0.3) is 0 Å². The maximum Gasteiger partial charge on any atom is 0.192 e. The third-order valence-corrected chi connectivity index (χ3v) is 7.58. The summed E-state index contributed by atoms with van der Waals surface area (Å²) in [6, 6.07) is 12.5. The summed E-state index contributed by atoms with van der Waals surface area (Å²) in [5, 5.41) is 0. The SMILES string of the molecule is Cc1nc2cc(C34CC5CC(CC(C5)C3)C4)cc(-c3cccc(C=O)c3)c2o1. The Morgan fingerprint density at radius 3 is 2.43 bits per heavy atom. The van der Waals surface area contributed by atoms with Gasteiger partial charge in [-0.1, -0.05) is 18.2 Å². The predicted molar refractivity (Wildman–Crippen MR) is 109 cm³/mol. The van der Waals surface area contributed by atoms with Gasteiger partial charge in [0.1, 0.15) is 11.8 Å². The van der Waals surface area contributed by atoms with E-state index in [1.54, 1.807) is 0 Å². The molecule has 2 aromatic carbocycles. The van der Waals surface area contributed by atoms with Gasteiger partial charge < -0.3 is 4.42 Å². The van der Waals surface area contributed by atoms with Gasteiger partial charge in [-0.05, 0) is 91.0 Å². The number of oxazole rings is 1. The van der Waals surface area contributed by atoms with Crippen LogP contribution in [0.15, 0.2) is 40.8 Å². The molecule has 0 spiro atoms. The van der Waals surface area contributed by atoms with E-state index in [0.717, 1.165) is 46.3 Å². The second-order valence-corrected chi connectivity index (χ2v) is 9.55. The molecule has 0 unspecified atom stereocenters. The number of aryl methyl sites for hydroxylation is 1. The topological polar surface area (TPSA) is 43.1 Å². The minimum atomic E-state index is 0.312. The summed E-state index contributed by atoms with van der Waals surface area (Å²) in [6.45, 7) is 1.91.